The Morgan fingerprint density at radius 3 is 1.90 bits per heavy atom. The van der Waals surface area contributed by atoms with Gasteiger partial charge in [-0.05, 0) is 72.4 Å². The van der Waals surface area contributed by atoms with Gasteiger partial charge in [0.15, 0.2) is 0 Å². The summed E-state index contributed by atoms with van der Waals surface area (Å²) in [6.07, 6.45) is 3.71. The highest BCUT2D eigenvalue weighted by Gasteiger charge is 2.40. The Kier molecular flexibility index (Phi) is 11.6. The van der Waals surface area contributed by atoms with Crippen molar-refractivity contribution in [2.24, 2.45) is 22.6 Å². The van der Waals surface area contributed by atoms with Crippen LogP contribution in [0.15, 0.2) is 12.1 Å². The second-order valence-corrected chi connectivity index (χ2v) is 15.4. The molecule has 0 bridgehead atoms. The van der Waals surface area contributed by atoms with E-state index in [1.807, 2.05) is 0 Å². The molecule has 0 fully saturated rings. The molecule has 238 valence electrons. The summed E-state index contributed by atoms with van der Waals surface area (Å²) in [6, 6.07) is 4.57. The number of H-pyrrole nitrogens is 1. The molecular formula is C34H59N5O3. The van der Waals surface area contributed by atoms with E-state index in [0.717, 1.165) is 28.4 Å². The zero-order chi connectivity index (χ0) is 32.1. The Morgan fingerprint density at radius 2 is 1.48 bits per heavy atom. The fourth-order valence-electron chi connectivity index (χ4n) is 5.93. The van der Waals surface area contributed by atoms with Gasteiger partial charge in [0.05, 0.1) is 18.1 Å². The number of aldehydes is 1. The Morgan fingerprint density at radius 1 is 0.905 bits per heavy atom. The van der Waals surface area contributed by atoms with Gasteiger partial charge in [-0.3, -0.25) is 4.79 Å². The fraction of sp³-hybridized carbons (Fsp3) is 0.706. The minimum Gasteiger partial charge on any atom is -0.469 e. The Balaban J connectivity index is 2.60. The van der Waals surface area contributed by atoms with Gasteiger partial charge in [0.25, 0.3) is 0 Å². The van der Waals surface area contributed by atoms with Crippen molar-refractivity contribution in [3.63, 3.8) is 0 Å². The third kappa shape index (κ3) is 8.43. The maximum Gasteiger partial charge on any atom is 0.313 e. The number of methoxy groups -OCH3 is 1. The molecule has 0 radical (unpaired) electrons. The summed E-state index contributed by atoms with van der Waals surface area (Å²) in [7, 11) is 1.41. The van der Waals surface area contributed by atoms with Crippen molar-refractivity contribution in [3.05, 3.63) is 34.5 Å². The van der Waals surface area contributed by atoms with E-state index in [4.69, 9.17) is 21.9 Å². The number of fused-ring (bicyclic) bond motifs is 1. The van der Waals surface area contributed by atoms with Gasteiger partial charge < -0.3 is 37.0 Å². The van der Waals surface area contributed by atoms with Gasteiger partial charge in [0.2, 0.25) is 0 Å². The number of ether oxygens (including phenoxy) is 1. The topological polar surface area (TPSA) is 149 Å². The zero-order valence-electron chi connectivity index (χ0n) is 28.1. The SMILES string of the molecule is COC(=O)C(CCCN)(CCCN)CNCC(N)(C=O)Cc1c(C(C)(C)C)[nH]c2cc(C(C)(C)C)cc(C(C)(C)C)c12. The van der Waals surface area contributed by atoms with Gasteiger partial charge in [0, 0.05) is 41.5 Å². The van der Waals surface area contributed by atoms with Gasteiger partial charge in [0.1, 0.15) is 6.29 Å². The summed E-state index contributed by atoms with van der Waals surface area (Å²) in [5, 5.41) is 4.54. The number of carbonyl (C=O) groups is 2. The third-order valence-corrected chi connectivity index (χ3v) is 8.42. The first-order valence-electron chi connectivity index (χ1n) is 15.4. The van der Waals surface area contributed by atoms with Crippen LogP contribution in [0.2, 0.25) is 0 Å². The van der Waals surface area contributed by atoms with E-state index in [-0.39, 0.29) is 28.8 Å². The molecule has 1 heterocycles. The van der Waals surface area contributed by atoms with Gasteiger partial charge >= 0.3 is 5.97 Å². The lowest BCUT2D eigenvalue weighted by atomic mass is 9.76. The largest absolute Gasteiger partial charge is 0.469 e. The van der Waals surface area contributed by atoms with E-state index in [1.165, 1.54) is 18.2 Å². The van der Waals surface area contributed by atoms with Crippen molar-refractivity contribution in [2.75, 3.05) is 33.3 Å². The summed E-state index contributed by atoms with van der Waals surface area (Å²) in [5.74, 6) is -0.290. The van der Waals surface area contributed by atoms with Crippen LogP contribution in [0.4, 0.5) is 0 Å². The van der Waals surface area contributed by atoms with Crippen molar-refractivity contribution < 1.29 is 14.3 Å². The number of aromatic amines is 1. The normalized spacial score (nSPS) is 14.7. The highest BCUT2D eigenvalue weighted by Crippen LogP contribution is 2.41. The number of aromatic nitrogens is 1. The molecule has 0 saturated carbocycles. The van der Waals surface area contributed by atoms with E-state index in [2.05, 4.69) is 84.7 Å². The van der Waals surface area contributed by atoms with Crippen LogP contribution in [-0.4, -0.2) is 56.1 Å². The molecule has 0 amide bonds. The van der Waals surface area contributed by atoms with Gasteiger partial charge in [-0.1, -0.05) is 68.4 Å². The van der Waals surface area contributed by atoms with E-state index in [9.17, 15) is 9.59 Å². The second kappa shape index (κ2) is 13.6. The van der Waals surface area contributed by atoms with E-state index in [0.29, 0.717) is 51.7 Å². The molecule has 8 N–H and O–H groups in total. The first-order chi connectivity index (χ1) is 19.3. The van der Waals surface area contributed by atoms with E-state index in [1.54, 1.807) is 0 Å². The molecule has 0 saturated heterocycles. The molecule has 0 spiro atoms. The summed E-state index contributed by atoms with van der Waals surface area (Å²) in [6.45, 7) is 21.4. The first-order valence-corrected chi connectivity index (χ1v) is 15.4. The summed E-state index contributed by atoms with van der Waals surface area (Å²) < 4.78 is 5.22. The molecule has 2 rings (SSSR count). The van der Waals surface area contributed by atoms with Crippen LogP contribution in [0.3, 0.4) is 0 Å². The maximum atomic E-state index is 13.0. The number of rotatable bonds is 14. The Hall–Kier alpha value is -2.26. The van der Waals surface area contributed by atoms with Crippen LogP contribution in [0, 0.1) is 5.41 Å². The minimum absolute atomic E-state index is 0.0222. The molecule has 2 aromatic rings. The molecule has 0 aliphatic heterocycles. The monoisotopic (exact) mass is 585 g/mol. The lowest BCUT2D eigenvalue weighted by Crippen LogP contribution is -2.54. The van der Waals surface area contributed by atoms with Crippen LogP contribution in [0.5, 0.6) is 0 Å². The standard InChI is InChI=1S/C34H59N5O3/c1-30(2,3)23-17-25(31(4,5)6)27-24(28(32(7,8)9)39-26(27)18-23)19-34(37,22-40)21-38-20-33(13-11-15-35,14-12-16-36)29(41)42-10/h17-18,22,38-39H,11-16,19-21,35-37H2,1-10H3. The molecule has 8 nitrogen and oxygen atoms in total. The van der Waals surface area contributed by atoms with E-state index >= 15 is 0 Å². The van der Waals surface area contributed by atoms with Crippen LogP contribution in [0.25, 0.3) is 10.9 Å². The molecule has 42 heavy (non-hydrogen) atoms. The van der Waals surface area contributed by atoms with Crippen molar-refractivity contribution in [1.82, 2.24) is 10.3 Å². The summed E-state index contributed by atoms with van der Waals surface area (Å²) in [4.78, 5) is 29.5. The predicted octanol–water partition coefficient (Wildman–Crippen LogP) is 4.73. The van der Waals surface area contributed by atoms with Crippen LogP contribution in [0.1, 0.15) is 110 Å². The van der Waals surface area contributed by atoms with Crippen molar-refractivity contribution in [2.45, 2.75) is 116 Å². The Labute approximate surface area is 254 Å². The molecule has 8 heteroatoms. The zero-order valence-corrected chi connectivity index (χ0v) is 28.1. The fourth-order valence-corrected chi connectivity index (χ4v) is 5.93. The molecule has 1 unspecified atom stereocenters. The van der Waals surface area contributed by atoms with Gasteiger partial charge in [-0.15, -0.1) is 0 Å². The van der Waals surface area contributed by atoms with Crippen LogP contribution < -0.4 is 22.5 Å². The maximum absolute atomic E-state index is 13.0. The highest BCUT2D eigenvalue weighted by molar-refractivity contribution is 5.91. The molecule has 1 aromatic carbocycles. The number of nitrogens with two attached hydrogens (primary N) is 3. The molecular weight excluding hydrogens is 526 g/mol. The number of benzene rings is 1. The number of hydrogen-bond donors (Lipinski definition) is 5. The molecule has 0 aliphatic carbocycles. The second-order valence-electron chi connectivity index (χ2n) is 15.4. The Bertz CT molecular complexity index is 1200. The average Bonchev–Trinajstić information content (AvgIpc) is 3.26. The van der Waals surface area contributed by atoms with Crippen molar-refractivity contribution in [3.8, 4) is 0 Å². The average molecular weight is 586 g/mol. The molecule has 1 aromatic heterocycles. The van der Waals surface area contributed by atoms with Gasteiger partial charge in [-0.25, -0.2) is 0 Å². The summed E-state index contributed by atoms with van der Waals surface area (Å²) >= 11 is 0. The number of hydrogen-bond acceptors (Lipinski definition) is 7. The number of esters is 1. The van der Waals surface area contributed by atoms with Crippen LogP contribution in [-0.2, 0) is 37.0 Å². The number of nitrogens with one attached hydrogen (secondary N) is 2. The van der Waals surface area contributed by atoms with E-state index < -0.39 is 11.0 Å². The first kappa shape index (κ1) is 35.9. The van der Waals surface area contributed by atoms with Gasteiger partial charge in [-0.2, -0.15) is 0 Å². The number of carbonyl (C=O) groups excluding carboxylic acids is 2. The molecule has 1 atom stereocenters. The third-order valence-electron chi connectivity index (χ3n) is 8.42. The predicted molar refractivity (Wildman–Crippen MR) is 175 cm³/mol. The van der Waals surface area contributed by atoms with Crippen LogP contribution >= 0.6 is 0 Å². The lowest BCUT2D eigenvalue weighted by Gasteiger charge is -2.33. The highest BCUT2D eigenvalue weighted by atomic mass is 16.5. The molecule has 0 aliphatic rings. The quantitative estimate of drug-likeness (QED) is 0.159. The lowest BCUT2D eigenvalue weighted by molar-refractivity contribution is -0.153. The smallest absolute Gasteiger partial charge is 0.313 e. The minimum atomic E-state index is -1.20. The van der Waals surface area contributed by atoms with Crippen molar-refractivity contribution >= 4 is 23.2 Å². The summed E-state index contributed by atoms with van der Waals surface area (Å²) in [5.41, 5.74) is 21.9. The van der Waals surface area contributed by atoms with Crippen molar-refractivity contribution in [1.29, 1.82) is 0 Å².